The molecular formula is C20H20ClN3O2S. The molecule has 0 bridgehead atoms. The third-order valence-electron chi connectivity index (χ3n) is 3.90. The second kappa shape index (κ2) is 10.5. The minimum absolute atomic E-state index is 0.247. The minimum atomic E-state index is -0.434. The molecule has 0 unspecified atom stereocenters. The van der Waals surface area contributed by atoms with Crippen LogP contribution in [0.3, 0.4) is 0 Å². The quantitative estimate of drug-likeness (QED) is 0.410. The largest absolute Gasteiger partial charge is 0.469 e. The number of nitrogens with zero attached hydrogens (tertiary/aromatic N) is 1. The number of halogens is 1. The van der Waals surface area contributed by atoms with Crippen LogP contribution in [0.1, 0.15) is 29.9 Å². The first-order valence-corrected chi connectivity index (χ1v) is 9.19. The van der Waals surface area contributed by atoms with E-state index in [1.165, 1.54) is 7.11 Å². The lowest BCUT2D eigenvalue weighted by molar-refractivity contribution is -0.140. The van der Waals surface area contributed by atoms with Gasteiger partial charge < -0.3 is 15.4 Å². The fourth-order valence-electron chi connectivity index (χ4n) is 2.52. The zero-order valence-electron chi connectivity index (χ0n) is 14.9. The average Bonchev–Trinajstić information content (AvgIpc) is 2.68. The number of hydrogen-bond donors (Lipinski definition) is 2. The van der Waals surface area contributed by atoms with Crippen LogP contribution in [0.5, 0.6) is 0 Å². The molecule has 2 aromatic rings. The molecule has 0 saturated carbocycles. The van der Waals surface area contributed by atoms with Crippen LogP contribution >= 0.6 is 23.8 Å². The predicted octanol–water partition coefficient (Wildman–Crippen LogP) is 4.24. The number of hydrogen-bond acceptors (Lipinski definition) is 4. The molecule has 140 valence electrons. The molecule has 0 saturated heterocycles. The maximum atomic E-state index is 11.1. The highest BCUT2D eigenvalue weighted by Gasteiger charge is 2.16. The van der Waals surface area contributed by atoms with Crippen LogP contribution in [-0.2, 0) is 9.53 Å². The maximum absolute atomic E-state index is 11.1. The lowest BCUT2D eigenvalue weighted by Gasteiger charge is -2.15. The van der Waals surface area contributed by atoms with Crippen LogP contribution in [0.4, 0.5) is 5.69 Å². The van der Waals surface area contributed by atoms with Gasteiger partial charge >= 0.3 is 5.97 Å². The number of nitrogens with one attached hydrogen (secondary N) is 2. The molecule has 1 atom stereocenters. The molecule has 0 heterocycles. The molecule has 2 N–H and O–H groups in total. The molecule has 0 aliphatic carbocycles. The summed E-state index contributed by atoms with van der Waals surface area (Å²) in [5.74, 6) is -0.681. The van der Waals surface area contributed by atoms with Gasteiger partial charge in [-0.2, -0.15) is 5.26 Å². The Hall–Kier alpha value is -2.62. The summed E-state index contributed by atoms with van der Waals surface area (Å²) in [4.78, 5) is 11.1. The molecule has 27 heavy (non-hydrogen) atoms. The van der Waals surface area contributed by atoms with Crippen molar-refractivity contribution in [3.63, 3.8) is 0 Å². The number of carbonyl (C=O) groups is 1. The number of carbonyl (C=O) groups excluding carboxylic acids is 1. The Morgan fingerprint density at radius 2 is 2.04 bits per heavy atom. The molecule has 2 aromatic carbocycles. The zero-order valence-corrected chi connectivity index (χ0v) is 16.4. The summed E-state index contributed by atoms with van der Waals surface area (Å²) in [6.45, 7) is 0.553. The van der Waals surface area contributed by atoms with E-state index in [9.17, 15) is 10.1 Å². The Morgan fingerprint density at radius 1 is 1.30 bits per heavy atom. The van der Waals surface area contributed by atoms with Crippen molar-refractivity contribution in [3.05, 3.63) is 64.7 Å². The fraction of sp³-hybridized carbons (Fsp3) is 0.250. The Morgan fingerprint density at radius 3 is 2.67 bits per heavy atom. The molecule has 2 rings (SSSR count). The van der Waals surface area contributed by atoms with E-state index in [4.69, 9.17) is 23.8 Å². The van der Waals surface area contributed by atoms with Gasteiger partial charge in [0.25, 0.3) is 0 Å². The summed E-state index contributed by atoms with van der Waals surface area (Å²) < 4.78 is 4.58. The van der Waals surface area contributed by atoms with Gasteiger partial charge in [0.2, 0.25) is 0 Å². The van der Waals surface area contributed by atoms with Crippen LogP contribution in [0.15, 0.2) is 48.5 Å². The van der Waals surface area contributed by atoms with E-state index in [1.54, 1.807) is 6.07 Å². The number of nitriles is 1. The molecule has 0 radical (unpaired) electrons. The van der Waals surface area contributed by atoms with Crippen molar-refractivity contribution in [2.45, 2.75) is 18.8 Å². The van der Waals surface area contributed by atoms with Crippen molar-refractivity contribution < 1.29 is 9.53 Å². The van der Waals surface area contributed by atoms with Crippen molar-refractivity contribution >= 4 is 40.6 Å². The molecule has 5 nitrogen and oxygen atoms in total. The fourth-order valence-corrected chi connectivity index (χ4v) is 3.03. The lowest BCUT2D eigenvalue weighted by atomic mass is 9.92. The van der Waals surface area contributed by atoms with E-state index < -0.39 is 5.92 Å². The molecule has 0 amide bonds. The van der Waals surface area contributed by atoms with Gasteiger partial charge in [0.1, 0.15) is 0 Å². The van der Waals surface area contributed by atoms with E-state index in [-0.39, 0.29) is 5.97 Å². The molecule has 0 aliphatic rings. The summed E-state index contributed by atoms with van der Waals surface area (Å²) in [7, 11) is 1.37. The molecule has 0 spiro atoms. The van der Waals surface area contributed by atoms with Crippen LogP contribution in [0.25, 0.3) is 0 Å². The summed E-state index contributed by atoms with van der Waals surface area (Å²) in [6, 6.07) is 17.2. The smallest absolute Gasteiger partial charge is 0.305 e. The Bertz CT molecular complexity index is 837. The van der Waals surface area contributed by atoms with E-state index in [0.29, 0.717) is 29.5 Å². The van der Waals surface area contributed by atoms with E-state index in [2.05, 4.69) is 21.4 Å². The van der Waals surface area contributed by atoms with Crippen molar-refractivity contribution in [2.75, 3.05) is 19.0 Å². The first-order valence-electron chi connectivity index (χ1n) is 8.41. The van der Waals surface area contributed by atoms with E-state index in [0.717, 1.165) is 16.8 Å². The first-order chi connectivity index (χ1) is 13.0. The zero-order chi connectivity index (χ0) is 19.6. The second-order valence-corrected chi connectivity index (χ2v) is 6.59. The monoisotopic (exact) mass is 401 g/mol. The van der Waals surface area contributed by atoms with Crippen molar-refractivity contribution in [3.8, 4) is 6.07 Å². The highest BCUT2D eigenvalue weighted by atomic mass is 35.5. The average molecular weight is 402 g/mol. The SMILES string of the molecule is COC(=O)CCCNC(=S)Nc1ccc([C@@H](C#N)c2ccccc2)c(Cl)c1. The normalized spacial score (nSPS) is 11.1. The van der Waals surface area contributed by atoms with Crippen LogP contribution in [0.2, 0.25) is 5.02 Å². The van der Waals surface area contributed by atoms with Crippen LogP contribution < -0.4 is 10.6 Å². The first kappa shape index (κ1) is 20.7. The van der Waals surface area contributed by atoms with Gasteiger partial charge in [-0.1, -0.05) is 48.0 Å². The number of benzene rings is 2. The number of thiocarbonyl (C=S) groups is 1. The summed E-state index contributed by atoms with van der Waals surface area (Å²) in [5.41, 5.74) is 2.36. The predicted molar refractivity (Wildman–Crippen MR) is 111 cm³/mol. The molecule has 7 heteroatoms. The highest BCUT2D eigenvalue weighted by molar-refractivity contribution is 7.80. The topological polar surface area (TPSA) is 74.2 Å². The van der Waals surface area contributed by atoms with Gasteiger partial charge in [0, 0.05) is 23.7 Å². The van der Waals surface area contributed by atoms with Gasteiger partial charge in [-0.3, -0.25) is 4.79 Å². The summed E-state index contributed by atoms with van der Waals surface area (Å²) >= 11 is 11.6. The maximum Gasteiger partial charge on any atom is 0.305 e. The molecule has 0 aromatic heterocycles. The summed E-state index contributed by atoms with van der Waals surface area (Å²) in [5, 5.41) is 16.6. The number of ether oxygens (including phenoxy) is 1. The standard InChI is InChI=1S/C20H20ClN3O2S/c1-26-19(25)8-5-11-23-20(27)24-15-9-10-16(18(21)12-15)17(13-22)14-6-3-2-4-7-14/h2-4,6-7,9-10,12,17H,5,8,11H2,1H3,(H2,23,24,27)/t17-/m0/s1. The highest BCUT2D eigenvalue weighted by Crippen LogP contribution is 2.31. The van der Waals surface area contributed by atoms with Gasteiger partial charge in [-0.05, 0) is 41.9 Å². The van der Waals surface area contributed by atoms with Crippen molar-refractivity contribution in [2.24, 2.45) is 0 Å². The van der Waals surface area contributed by atoms with Crippen molar-refractivity contribution in [1.29, 1.82) is 5.26 Å². The second-order valence-electron chi connectivity index (χ2n) is 5.77. The van der Waals surface area contributed by atoms with E-state index in [1.807, 2.05) is 42.5 Å². The van der Waals surface area contributed by atoms with Gasteiger partial charge in [0.05, 0.1) is 19.1 Å². The minimum Gasteiger partial charge on any atom is -0.469 e. The molecule has 0 aliphatic heterocycles. The van der Waals surface area contributed by atoms with Gasteiger partial charge in [-0.25, -0.2) is 0 Å². The van der Waals surface area contributed by atoms with Crippen LogP contribution in [0, 0.1) is 11.3 Å². The number of methoxy groups -OCH3 is 1. The van der Waals surface area contributed by atoms with Crippen LogP contribution in [-0.4, -0.2) is 24.7 Å². The lowest BCUT2D eigenvalue weighted by Crippen LogP contribution is -2.29. The van der Waals surface area contributed by atoms with Gasteiger partial charge in [0.15, 0.2) is 5.11 Å². The Balaban J connectivity index is 1.97. The van der Waals surface area contributed by atoms with E-state index >= 15 is 0 Å². The molecular weight excluding hydrogens is 382 g/mol. The van der Waals surface area contributed by atoms with Crippen molar-refractivity contribution in [1.82, 2.24) is 5.32 Å². The third-order valence-corrected chi connectivity index (χ3v) is 4.48. The summed E-state index contributed by atoms with van der Waals surface area (Å²) in [6.07, 6.45) is 0.955. The molecule has 0 fully saturated rings. The number of esters is 1. The van der Waals surface area contributed by atoms with Gasteiger partial charge in [-0.15, -0.1) is 0 Å². The number of anilines is 1. The Labute approximate surface area is 169 Å². The third kappa shape index (κ3) is 6.24. The number of rotatable bonds is 7. The Kier molecular flexibility index (Phi) is 8.05.